The van der Waals surface area contributed by atoms with Crippen LogP contribution < -0.4 is 11.1 Å². The SMILES string of the molecule is C=C(C)NC(=NC1CC1)C1=C(N)CCC1. The van der Waals surface area contributed by atoms with Gasteiger partial charge in [-0.1, -0.05) is 6.58 Å². The minimum atomic E-state index is 0.521. The molecule has 0 radical (unpaired) electrons. The van der Waals surface area contributed by atoms with Gasteiger partial charge in [0.25, 0.3) is 0 Å². The van der Waals surface area contributed by atoms with E-state index in [0.717, 1.165) is 36.5 Å². The van der Waals surface area contributed by atoms with Gasteiger partial charge in [0.1, 0.15) is 5.84 Å². The predicted molar refractivity (Wildman–Crippen MR) is 63.5 cm³/mol. The molecule has 0 aromatic carbocycles. The van der Waals surface area contributed by atoms with Crippen molar-refractivity contribution < 1.29 is 0 Å². The van der Waals surface area contributed by atoms with Gasteiger partial charge >= 0.3 is 0 Å². The molecular weight excluding hydrogens is 186 g/mol. The Morgan fingerprint density at radius 2 is 2.20 bits per heavy atom. The molecule has 3 N–H and O–H groups in total. The van der Waals surface area contributed by atoms with Crippen LogP contribution >= 0.6 is 0 Å². The third-order valence-corrected chi connectivity index (χ3v) is 2.74. The number of aliphatic imine (C=N–C) groups is 1. The Bertz CT molecular complexity index is 335. The standard InChI is InChI=1S/C12H19N3/c1-8(2)14-12(15-9-6-7-9)10-4-3-5-11(10)13/h9H,1,3-7,13H2,2H3,(H,14,15). The van der Waals surface area contributed by atoms with Crippen molar-refractivity contribution in [3.05, 3.63) is 23.5 Å². The molecule has 1 fully saturated rings. The van der Waals surface area contributed by atoms with Crippen molar-refractivity contribution in [3.63, 3.8) is 0 Å². The van der Waals surface area contributed by atoms with E-state index < -0.39 is 0 Å². The molecule has 0 heterocycles. The molecule has 0 aliphatic heterocycles. The van der Waals surface area contributed by atoms with Crippen LogP contribution in [0.4, 0.5) is 0 Å². The van der Waals surface area contributed by atoms with Gasteiger partial charge in [0.05, 0.1) is 6.04 Å². The normalized spacial score (nSPS) is 22.1. The summed E-state index contributed by atoms with van der Waals surface area (Å²) < 4.78 is 0. The molecule has 2 rings (SSSR count). The minimum absolute atomic E-state index is 0.521. The van der Waals surface area contributed by atoms with E-state index in [0.29, 0.717) is 6.04 Å². The van der Waals surface area contributed by atoms with E-state index in [1.165, 1.54) is 18.4 Å². The summed E-state index contributed by atoms with van der Waals surface area (Å²) in [5.74, 6) is 0.972. The first-order valence-electron chi connectivity index (χ1n) is 5.65. The topological polar surface area (TPSA) is 50.4 Å². The Balaban J connectivity index is 2.17. The lowest BCUT2D eigenvalue weighted by atomic mass is 10.2. The van der Waals surface area contributed by atoms with Crippen molar-refractivity contribution in [3.8, 4) is 0 Å². The first-order chi connectivity index (χ1) is 7.16. The van der Waals surface area contributed by atoms with Gasteiger partial charge < -0.3 is 11.1 Å². The lowest BCUT2D eigenvalue weighted by molar-refractivity contribution is 0.891. The van der Waals surface area contributed by atoms with Crippen LogP contribution in [-0.4, -0.2) is 11.9 Å². The average molecular weight is 205 g/mol. The third-order valence-electron chi connectivity index (χ3n) is 2.74. The summed E-state index contributed by atoms with van der Waals surface area (Å²) in [6, 6.07) is 0.521. The van der Waals surface area contributed by atoms with Gasteiger partial charge in [-0.15, -0.1) is 0 Å². The summed E-state index contributed by atoms with van der Waals surface area (Å²) in [4.78, 5) is 4.67. The summed E-state index contributed by atoms with van der Waals surface area (Å²) >= 11 is 0. The van der Waals surface area contributed by atoms with E-state index in [-0.39, 0.29) is 0 Å². The molecule has 0 spiro atoms. The second kappa shape index (κ2) is 4.09. The highest BCUT2D eigenvalue weighted by atomic mass is 15.0. The van der Waals surface area contributed by atoms with Crippen LogP contribution in [0.1, 0.15) is 39.0 Å². The monoisotopic (exact) mass is 205 g/mol. The number of nitrogens with two attached hydrogens (primary N) is 1. The van der Waals surface area contributed by atoms with Gasteiger partial charge in [-0.2, -0.15) is 0 Å². The molecule has 3 nitrogen and oxygen atoms in total. The zero-order valence-corrected chi connectivity index (χ0v) is 9.34. The molecule has 15 heavy (non-hydrogen) atoms. The highest BCUT2D eigenvalue weighted by Crippen LogP contribution is 2.28. The van der Waals surface area contributed by atoms with Crippen LogP contribution in [0.15, 0.2) is 28.5 Å². The van der Waals surface area contributed by atoms with Crippen molar-refractivity contribution in [2.45, 2.75) is 45.1 Å². The maximum absolute atomic E-state index is 5.98. The maximum atomic E-state index is 5.98. The lowest BCUT2D eigenvalue weighted by Crippen LogP contribution is -2.24. The summed E-state index contributed by atoms with van der Waals surface area (Å²) in [5, 5.41) is 3.24. The van der Waals surface area contributed by atoms with Crippen molar-refractivity contribution in [1.82, 2.24) is 5.32 Å². The number of hydrogen-bond acceptors (Lipinski definition) is 2. The largest absolute Gasteiger partial charge is 0.402 e. The lowest BCUT2D eigenvalue weighted by Gasteiger charge is -2.11. The summed E-state index contributed by atoms with van der Waals surface area (Å²) in [6.45, 7) is 5.82. The Morgan fingerprint density at radius 1 is 1.47 bits per heavy atom. The van der Waals surface area contributed by atoms with Crippen LogP contribution in [-0.2, 0) is 0 Å². The van der Waals surface area contributed by atoms with Gasteiger partial charge in [-0.3, -0.25) is 4.99 Å². The number of nitrogens with one attached hydrogen (secondary N) is 1. The maximum Gasteiger partial charge on any atom is 0.130 e. The second-order valence-electron chi connectivity index (χ2n) is 4.47. The summed E-state index contributed by atoms with van der Waals surface area (Å²) in [6.07, 6.45) is 5.65. The molecule has 0 saturated heterocycles. The van der Waals surface area contributed by atoms with Crippen LogP contribution in [0.3, 0.4) is 0 Å². The number of nitrogens with zero attached hydrogens (tertiary/aromatic N) is 1. The molecule has 3 heteroatoms. The van der Waals surface area contributed by atoms with E-state index in [1.807, 2.05) is 6.92 Å². The van der Waals surface area contributed by atoms with E-state index in [4.69, 9.17) is 5.73 Å². The fraction of sp³-hybridized carbons (Fsp3) is 0.583. The summed E-state index contributed by atoms with van der Waals surface area (Å²) in [7, 11) is 0. The van der Waals surface area contributed by atoms with Crippen LogP contribution in [0, 0.1) is 0 Å². The minimum Gasteiger partial charge on any atom is -0.402 e. The highest BCUT2D eigenvalue weighted by molar-refractivity contribution is 6.00. The number of rotatable bonds is 3. The molecule has 0 atom stereocenters. The van der Waals surface area contributed by atoms with Gasteiger partial charge in [-0.05, 0) is 39.0 Å². The Hall–Kier alpha value is -1.25. The Kier molecular flexibility index (Phi) is 2.80. The number of hydrogen-bond donors (Lipinski definition) is 2. The van der Waals surface area contributed by atoms with Gasteiger partial charge in [0, 0.05) is 17.0 Å². The Labute approximate surface area is 91.1 Å². The molecule has 0 amide bonds. The molecular formula is C12H19N3. The molecule has 2 aliphatic carbocycles. The smallest absolute Gasteiger partial charge is 0.130 e. The van der Waals surface area contributed by atoms with E-state index in [9.17, 15) is 0 Å². The fourth-order valence-corrected chi connectivity index (χ4v) is 1.81. The molecule has 1 saturated carbocycles. The van der Waals surface area contributed by atoms with Crippen LogP contribution in [0.5, 0.6) is 0 Å². The number of allylic oxidation sites excluding steroid dienone is 2. The first kappa shape index (κ1) is 10.3. The molecule has 0 aromatic rings. The molecule has 2 aliphatic rings. The van der Waals surface area contributed by atoms with Crippen molar-refractivity contribution in [2.24, 2.45) is 10.7 Å². The van der Waals surface area contributed by atoms with Crippen molar-refractivity contribution in [1.29, 1.82) is 0 Å². The fourth-order valence-electron chi connectivity index (χ4n) is 1.81. The number of amidine groups is 1. The van der Waals surface area contributed by atoms with Gasteiger partial charge in [-0.25, -0.2) is 0 Å². The molecule has 0 unspecified atom stereocenters. The van der Waals surface area contributed by atoms with Crippen molar-refractivity contribution in [2.75, 3.05) is 0 Å². The highest BCUT2D eigenvalue weighted by Gasteiger charge is 2.24. The molecule has 82 valence electrons. The Morgan fingerprint density at radius 3 is 2.67 bits per heavy atom. The summed E-state index contributed by atoms with van der Waals surface area (Å²) in [5.41, 5.74) is 9.13. The van der Waals surface area contributed by atoms with Gasteiger partial charge in [0.2, 0.25) is 0 Å². The van der Waals surface area contributed by atoms with E-state index in [1.54, 1.807) is 0 Å². The predicted octanol–water partition coefficient (Wildman–Crippen LogP) is 2.07. The van der Waals surface area contributed by atoms with Gasteiger partial charge in [0.15, 0.2) is 0 Å². The quantitative estimate of drug-likeness (QED) is 0.547. The van der Waals surface area contributed by atoms with Crippen molar-refractivity contribution >= 4 is 5.84 Å². The van der Waals surface area contributed by atoms with E-state index >= 15 is 0 Å². The zero-order chi connectivity index (χ0) is 10.8. The zero-order valence-electron chi connectivity index (χ0n) is 9.34. The molecule has 0 aromatic heterocycles. The van der Waals surface area contributed by atoms with Crippen LogP contribution in [0.25, 0.3) is 0 Å². The second-order valence-corrected chi connectivity index (χ2v) is 4.47. The average Bonchev–Trinajstić information content (AvgIpc) is 2.86. The third kappa shape index (κ3) is 2.61. The van der Waals surface area contributed by atoms with Crippen LogP contribution in [0.2, 0.25) is 0 Å². The molecule has 0 bridgehead atoms. The van der Waals surface area contributed by atoms with E-state index in [2.05, 4.69) is 16.9 Å². The first-order valence-corrected chi connectivity index (χ1v) is 5.65.